The molecule has 0 saturated carbocycles. The second-order valence-corrected chi connectivity index (χ2v) is 4.75. The van der Waals surface area contributed by atoms with E-state index in [9.17, 15) is 0 Å². The monoisotopic (exact) mass is 248 g/mol. The minimum absolute atomic E-state index is 0.00815. The average Bonchev–Trinajstić information content (AvgIpc) is 2.48. The first-order chi connectivity index (χ1) is 9.33. The highest BCUT2D eigenvalue weighted by Crippen LogP contribution is 2.20. The van der Waals surface area contributed by atoms with E-state index in [1.165, 1.54) is 5.56 Å². The van der Waals surface area contributed by atoms with Gasteiger partial charge in [-0.2, -0.15) is 0 Å². The lowest BCUT2D eigenvalue weighted by Gasteiger charge is -2.12. The lowest BCUT2D eigenvalue weighted by molar-refractivity contribution is 0.723. The van der Waals surface area contributed by atoms with E-state index >= 15 is 0 Å². The maximum Gasteiger partial charge on any atom is 0.0705 e. The fourth-order valence-electron chi connectivity index (χ4n) is 2.30. The summed E-state index contributed by atoms with van der Waals surface area (Å²) in [4.78, 5) is 4.38. The molecule has 94 valence electrons. The number of pyridine rings is 1. The molecule has 1 aromatic heterocycles. The van der Waals surface area contributed by atoms with Crippen LogP contribution in [0.2, 0.25) is 0 Å². The Morgan fingerprint density at radius 3 is 2.63 bits per heavy atom. The quantitative estimate of drug-likeness (QED) is 0.770. The smallest absolute Gasteiger partial charge is 0.0705 e. The maximum atomic E-state index is 6.29. The second kappa shape index (κ2) is 5.21. The fourth-order valence-corrected chi connectivity index (χ4v) is 2.30. The van der Waals surface area contributed by atoms with E-state index in [-0.39, 0.29) is 6.04 Å². The molecule has 2 aromatic carbocycles. The lowest BCUT2D eigenvalue weighted by atomic mass is 9.98. The summed E-state index contributed by atoms with van der Waals surface area (Å²) in [5.41, 5.74) is 9.69. The van der Waals surface area contributed by atoms with Crippen molar-refractivity contribution in [2.24, 2.45) is 5.73 Å². The Morgan fingerprint density at radius 1 is 0.947 bits per heavy atom. The van der Waals surface area contributed by atoms with Crippen LogP contribution in [0, 0.1) is 0 Å². The van der Waals surface area contributed by atoms with Crippen LogP contribution >= 0.6 is 0 Å². The average molecular weight is 248 g/mol. The van der Waals surface area contributed by atoms with E-state index < -0.39 is 0 Å². The highest BCUT2D eigenvalue weighted by atomic mass is 14.7. The van der Waals surface area contributed by atoms with E-state index in [0.717, 1.165) is 22.9 Å². The number of hydrogen-bond acceptors (Lipinski definition) is 2. The molecule has 0 radical (unpaired) electrons. The summed E-state index contributed by atoms with van der Waals surface area (Å²) in [5, 5.41) is 1.15. The molecule has 1 atom stereocenters. The van der Waals surface area contributed by atoms with Gasteiger partial charge < -0.3 is 5.73 Å². The van der Waals surface area contributed by atoms with Gasteiger partial charge in [-0.25, -0.2) is 0 Å². The number of aromatic nitrogens is 1. The molecule has 0 bridgehead atoms. The van der Waals surface area contributed by atoms with Crippen LogP contribution in [0.3, 0.4) is 0 Å². The first-order valence-electron chi connectivity index (χ1n) is 6.47. The molecule has 1 heterocycles. The zero-order chi connectivity index (χ0) is 13.1. The summed E-state index contributed by atoms with van der Waals surface area (Å²) < 4.78 is 0. The van der Waals surface area contributed by atoms with Crippen LogP contribution < -0.4 is 5.73 Å². The Morgan fingerprint density at radius 2 is 1.79 bits per heavy atom. The summed E-state index contributed by atoms with van der Waals surface area (Å²) in [6.07, 6.45) is 2.66. The minimum atomic E-state index is 0.00815. The van der Waals surface area contributed by atoms with Gasteiger partial charge in [0.2, 0.25) is 0 Å². The van der Waals surface area contributed by atoms with Gasteiger partial charge in [-0.15, -0.1) is 0 Å². The number of rotatable bonds is 3. The largest absolute Gasteiger partial charge is 0.324 e. The van der Waals surface area contributed by atoms with Crippen LogP contribution in [0.15, 0.2) is 66.9 Å². The first-order valence-corrected chi connectivity index (χ1v) is 6.47. The molecule has 2 N–H and O–H groups in total. The van der Waals surface area contributed by atoms with Gasteiger partial charge in [0.1, 0.15) is 0 Å². The van der Waals surface area contributed by atoms with Crippen LogP contribution in [0.25, 0.3) is 10.9 Å². The summed E-state index contributed by atoms with van der Waals surface area (Å²) in [6.45, 7) is 0. The predicted molar refractivity (Wildman–Crippen MR) is 78.8 cm³/mol. The molecule has 1 unspecified atom stereocenters. The number of nitrogens with two attached hydrogens (primary N) is 1. The van der Waals surface area contributed by atoms with Crippen molar-refractivity contribution in [3.63, 3.8) is 0 Å². The summed E-state index contributed by atoms with van der Waals surface area (Å²) in [5.74, 6) is 0. The van der Waals surface area contributed by atoms with Crippen molar-refractivity contribution < 1.29 is 0 Å². The molecule has 2 nitrogen and oxygen atoms in total. The van der Waals surface area contributed by atoms with Crippen molar-refractivity contribution in [3.05, 3.63) is 78.0 Å². The molecule has 19 heavy (non-hydrogen) atoms. The Balaban J connectivity index is 1.87. The lowest BCUT2D eigenvalue weighted by Crippen LogP contribution is -2.13. The zero-order valence-electron chi connectivity index (χ0n) is 10.7. The van der Waals surface area contributed by atoms with Crippen molar-refractivity contribution in [1.82, 2.24) is 4.98 Å². The standard InChI is InChI=1S/C17H16N2/c18-16(11-13-5-2-1-3-6-13)15-9-8-14-7-4-10-19-17(14)12-15/h1-10,12,16H,11,18H2. The fraction of sp³-hybridized carbons (Fsp3) is 0.118. The van der Waals surface area contributed by atoms with E-state index in [4.69, 9.17) is 5.73 Å². The van der Waals surface area contributed by atoms with E-state index in [0.29, 0.717) is 0 Å². The Kier molecular flexibility index (Phi) is 3.25. The third kappa shape index (κ3) is 2.64. The van der Waals surface area contributed by atoms with Gasteiger partial charge in [0, 0.05) is 17.6 Å². The molecule has 0 saturated heterocycles. The van der Waals surface area contributed by atoms with Crippen LogP contribution in [0.1, 0.15) is 17.2 Å². The van der Waals surface area contributed by atoms with Gasteiger partial charge in [-0.05, 0) is 29.7 Å². The van der Waals surface area contributed by atoms with Crippen LogP contribution in [0.5, 0.6) is 0 Å². The van der Waals surface area contributed by atoms with E-state index in [2.05, 4.69) is 41.4 Å². The van der Waals surface area contributed by atoms with E-state index in [1.807, 2.05) is 30.5 Å². The van der Waals surface area contributed by atoms with Gasteiger partial charge in [0.05, 0.1) is 5.52 Å². The third-order valence-electron chi connectivity index (χ3n) is 3.36. The molecule has 0 aliphatic carbocycles. The molecule has 0 amide bonds. The normalized spacial score (nSPS) is 12.5. The van der Waals surface area contributed by atoms with E-state index in [1.54, 1.807) is 0 Å². The third-order valence-corrected chi connectivity index (χ3v) is 3.36. The number of fused-ring (bicyclic) bond motifs is 1. The van der Waals surface area contributed by atoms with Crippen molar-refractivity contribution in [3.8, 4) is 0 Å². The molecule has 3 rings (SSSR count). The van der Waals surface area contributed by atoms with Gasteiger partial charge in [-0.1, -0.05) is 48.5 Å². The Bertz CT molecular complexity index is 677. The minimum Gasteiger partial charge on any atom is -0.324 e. The number of nitrogens with zero attached hydrogens (tertiary/aromatic N) is 1. The van der Waals surface area contributed by atoms with Gasteiger partial charge in [0.15, 0.2) is 0 Å². The Hall–Kier alpha value is -2.19. The molecule has 0 spiro atoms. The molecule has 0 aliphatic heterocycles. The van der Waals surface area contributed by atoms with Crippen molar-refractivity contribution in [2.75, 3.05) is 0 Å². The van der Waals surface area contributed by atoms with Crippen LogP contribution in [-0.2, 0) is 6.42 Å². The predicted octanol–water partition coefficient (Wildman–Crippen LogP) is 3.48. The molecule has 2 heteroatoms. The summed E-state index contributed by atoms with van der Waals surface area (Å²) >= 11 is 0. The molecule has 0 fully saturated rings. The summed E-state index contributed by atoms with van der Waals surface area (Å²) in [7, 11) is 0. The highest BCUT2D eigenvalue weighted by Gasteiger charge is 2.07. The zero-order valence-corrected chi connectivity index (χ0v) is 10.7. The molecule has 0 aliphatic rings. The van der Waals surface area contributed by atoms with Crippen molar-refractivity contribution >= 4 is 10.9 Å². The summed E-state index contributed by atoms with van der Waals surface area (Å²) in [6, 6.07) is 20.6. The van der Waals surface area contributed by atoms with Crippen LogP contribution in [0.4, 0.5) is 0 Å². The number of benzene rings is 2. The number of hydrogen-bond donors (Lipinski definition) is 1. The molecule has 3 aromatic rings. The van der Waals surface area contributed by atoms with Gasteiger partial charge in [0.25, 0.3) is 0 Å². The highest BCUT2D eigenvalue weighted by molar-refractivity contribution is 5.78. The Labute approximate surface area is 112 Å². The van der Waals surface area contributed by atoms with Crippen molar-refractivity contribution in [1.29, 1.82) is 0 Å². The topological polar surface area (TPSA) is 38.9 Å². The molecular formula is C17H16N2. The first kappa shape index (κ1) is 11.9. The van der Waals surface area contributed by atoms with Gasteiger partial charge in [-0.3, -0.25) is 4.98 Å². The second-order valence-electron chi connectivity index (χ2n) is 4.75. The van der Waals surface area contributed by atoms with Crippen LogP contribution in [-0.4, -0.2) is 4.98 Å². The SMILES string of the molecule is NC(Cc1ccccc1)c1ccc2cccnc2c1. The molecular weight excluding hydrogens is 232 g/mol. The van der Waals surface area contributed by atoms with Crippen molar-refractivity contribution in [2.45, 2.75) is 12.5 Å². The maximum absolute atomic E-state index is 6.29. The van der Waals surface area contributed by atoms with Gasteiger partial charge >= 0.3 is 0 Å².